The molecule has 5 rings (SSSR count). The summed E-state index contributed by atoms with van der Waals surface area (Å²) in [6.45, 7) is 3.28. The van der Waals surface area contributed by atoms with Gasteiger partial charge in [0.25, 0.3) is 5.56 Å². The lowest BCUT2D eigenvalue weighted by Gasteiger charge is -2.29. The van der Waals surface area contributed by atoms with Gasteiger partial charge in [0.2, 0.25) is 5.88 Å². The predicted molar refractivity (Wildman–Crippen MR) is 123 cm³/mol. The standard InChI is InChI=1S/C24H26FN5O3/c25-17-2-1-15-9-16(22(32)30-20(15)10-17)5-6-24(7-8-26-13-24)14-27-11-18-3-4-19-23(29-18)33-21(31)12-28-19/h1-4,9-10,26-28H,5-8,11-14H2,(H,30,32)/t24-/m0/s1. The van der Waals surface area contributed by atoms with Crippen LogP contribution in [0.2, 0.25) is 0 Å². The Balaban J connectivity index is 1.23. The fourth-order valence-electron chi connectivity index (χ4n) is 4.61. The number of carbonyl (C=O) groups is 1. The highest BCUT2D eigenvalue weighted by atomic mass is 19.1. The van der Waals surface area contributed by atoms with Crippen molar-refractivity contribution in [3.63, 3.8) is 0 Å². The van der Waals surface area contributed by atoms with Crippen molar-refractivity contribution in [1.82, 2.24) is 20.6 Å². The molecule has 0 spiro atoms. The summed E-state index contributed by atoms with van der Waals surface area (Å²) in [7, 11) is 0. The van der Waals surface area contributed by atoms with E-state index in [9.17, 15) is 14.0 Å². The minimum Gasteiger partial charge on any atom is -0.404 e. The first kappa shape index (κ1) is 21.5. The molecule has 9 heteroatoms. The van der Waals surface area contributed by atoms with Gasteiger partial charge in [-0.15, -0.1) is 0 Å². The molecule has 8 nitrogen and oxygen atoms in total. The van der Waals surface area contributed by atoms with E-state index in [2.05, 4.69) is 25.9 Å². The van der Waals surface area contributed by atoms with E-state index in [4.69, 9.17) is 4.74 Å². The Labute approximate surface area is 189 Å². The van der Waals surface area contributed by atoms with Crippen LogP contribution in [0.4, 0.5) is 10.1 Å². The number of ether oxygens (including phenoxy) is 1. The zero-order valence-electron chi connectivity index (χ0n) is 18.2. The first-order valence-corrected chi connectivity index (χ1v) is 11.2. The first-order chi connectivity index (χ1) is 16.0. The van der Waals surface area contributed by atoms with Gasteiger partial charge < -0.3 is 25.7 Å². The second kappa shape index (κ2) is 8.92. The molecule has 3 aromatic rings. The van der Waals surface area contributed by atoms with Crippen molar-refractivity contribution in [2.24, 2.45) is 5.41 Å². The number of H-pyrrole nitrogens is 1. The molecule has 0 unspecified atom stereocenters. The summed E-state index contributed by atoms with van der Waals surface area (Å²) in [6.07, 6.45) is 2.50. The van der Waals surface area contributed by atoms with Crippen LogP contribution >= 0.6 is 0 Å². The van der Waals surface area contributed by atoms with Crippen LogP contribution in [0.25, 0.3) is 10.9 Å². The minimum atomic E-state index is -0.365. The molecule has 2 aromatic heterocycles. The molecule has 1 aromatic carbocycles. The number of aromatic nitrogens is 2. The highest BCUT2D eigenvalue weighted by Crippen LogP contribution is 2.31. The molecule has 0 aliphatic carbocycles. The third kappa shape index (κ3) is 4.74. The van der Waals surface area contributed by atoms with Crippen LogP contribution in [0.15, 0.2) is 41.2 Å². The number of aromatic amines is 1. The van der Waals surface area contributed by atoms with E-state index in [1.54, 1.807) is 6.07 Å². The molecule has 0 radical (unpaired) electrons. The Morgan fingerprint density at radius 2 is 2.09 bits per heavy atom. The second-order valence-electron chi connectivity index (χ2n) is 8.87. The molecule has 4 heterocycles. The quantitative estimate of drug-likeness (QED) is 0.408. The number of pyridine rings is 2. The third-order valence-electron chi connectivity index (χ3n) is 6.50. The molecule has 1 saturated heterocycles. The normalized spacial score (nSPS) is 19.8. The average molecular weight is 452 g/mol. The van der Waals surface area contributed by atoms with E-state index in [0.29, 0.717) is 29.9 Å². The van der Waals surface area contributed by atoms with Gasteiger partial charge in [0, 0.05) is 25.2 Å². The van der Waals surface area contributed by atoms with Crippen LogP contribution in [0.1, 0.15) is 24.1 Å². The highest BCUT2D eigenvalue weighted by Gasteiger charge is 2.33. The molecule has 2 aliphatic rings. The van der Waals surface area contributed by atoms with Crippen molar-refractivity contribution in [2.75, 3.05) is 31.5 Å². The van der Waals surface area contributed by atoms with Gasteiger partial charge >= 0.3 is 5.97 Å². The maximum absolute atomic E-state index is 13.4. The number of rotatable bonds is 7. The highest BCUT2D eigenvalue weighted by molar-refractivity contribution is 5.82. The molecule has 33 heavy (non-hydrogen) atoms. The lowest BCUT2D eigenvalue weighted by molar-refractivity contribution is -0.133. The summed E-state index contributed by atoms with van der Waals surface area (Å²) in [5.74, 6) is -0.390. The topological polar surface area (TPSA) is 108 Å². The molecular weight excluding hydrogens is 425 g/mol. The van der Waals surface area contributed by atoms with Crippen molar-refractivity contribution in [3.05, 3.63) is 63.8 Å². The van der Waals surface area contributed by atoms with Crippen LogP contribution in [0.5, 0.6) is 5.88 Å². The number of halogens is 1. The third-order valence-corrected chi connectivity index (χ3v) is 6.50. The van der Waals surface area contributed by atoms with E-state index in [-0.39, 0.29) is 29.3 Å². The Morgan fingerprint density at radius 1 is 1.18 bits per heavy atom. The van der Waals surface area contributed by atoms with Gasteiger partial charge in [0.15, 0.2) is 0 Å². The van der Waals surface area contributed by atoms with Crippen molar-refractivity contribution in [1.29, 1.82) is 0 Å². The Bertz CT molecular complexity index is 1250. The van der Waals surface area contributed by atoms with Gasteiger partial charge in [-0.2, -0.15) is 0 Å². The van der Waals surface area contributed by atoms with Crippen LogP contribution in [0.3, 0.4) is 0 Å². The summed E-state index contributed by atoms with van der Waals surface area (Å²) in [5.41, 5.74) is 2.60. The Hall–Kier alpha value is -3.30. The van der Waals surface area contributed by atoms with E-state index < -0.39 is 0 Å². The molecule has 1 atom stereocenters. The smallest absolute Gasteiger partial charge is 0.332 e. The molecular formula is C24H26FN5O3. The average Bonchev–Trinajstić information content (AvgIpc) is 3.26. The van der Waals surface area contributed by atoms with E-state index >= 15 is 0 Å². The maximum Gasteiger partial charge on any atom is 0.332 e. The molecule has 2 aliphatic heterocycles. The number of esters is 1. The van der Waals surface area contributed by atoms with Crippen LogP contribution in [-0.4, -0.2) is 42.1 Å². The van der Waals surface area contributed by atoms with Crippen LogP contribution in [-0.2, 0) is 17.8 Å². The summed E-state index contributed by atoms with van der Waals surface area (Å²) in [4.78, 5) is 31.3. The number of benzene rings is 1. The number of fused-ring (bicyclic) bond motifs is 2. The van der Waals surface area contributed by atoms with Gasteiger partial charge in [0.05, 0.1) is 16.9 Å². The fraction of sp³-hybridized carbons (Fsp3) is 0.375. The SMILES string of the molecule is O=C1CNc2ccc(CNC[C@@]3(CCc4cc5ccc(F)cc5[nH]c4=O)CCNC3)nc2O1. The van der Waals surface area contributed by atoms with Gasteiger partial charge in [-0.25, -0.2) is 14.2 Å². The number of hydrogen-bond acceptors (Lipinski definition) is 7. The Kier molecular flexibility index (Phi) is 5.82. The van der Waals surface area contributed by atoms with E-state index in [1.165, 1.54) is 12.1 Å². The maximum atomic E-state index is 13.4. The number of nitrogens with zero attached hydrogens (tertiary/aromatic N) is 1. The van der Waals surface area contributed by atoms with Crippen molar-refractivity contribution in [2.45, 2.75) is 25.8 Å². The van der Waals surface area contributed by atoms with Gasteiger partial charge in [-0.3, -0.25) is 4.79 Å². The summed E-state index contributed by atoms with van der Waals surface area (Å²) >= 11 is 0. The summed E-state index contributed by atoms with van der Waals surface area (Å²) in [6, 6.07) is 10.1. The number of anilines is 1. The molecule has 0 amide bonds. The molecule has 1 fully saturated rings. The minimum absolute atomic E-state index is 0.0203. The number of aryl methyl sites for hydroxylation is 1. The number of carbonyl (C=O) groups excluding carboxylic acids is 1. The predicted octanol–water partition coefficient (Wildman–Crippen LogP) is 2.10. The molecule has 172 valence electrons. The van der Waals surface area contributed by atoms with Crippen LogP contribution in [0, 0.1) is 11.2 Å². The van der Waals surface area contributed by atoms with E-state index in [0.717, 1.165) is 49.2 Å². The van der Waals surface area contributed by atoms with Gasteiger partial charge in [-0.1, -0.05) is 0 Å². The van der Waals surface area contributed by atoms with Gasteiger partial charge in [-0.05, 0) is 73.0 Å². The summed E-state index contributed by atoms with van der Waals surface area (Å²) < 4.78 is 18.7. The van der Waals surface area contributed by atoms with Gasteiger partial charge in [0.1, 0.15) is 12.4 Å². The zero-order chi connectivity index (χ0) is 22.8. The van der Waals surface area contributed by atoms with Crippen molar-refractivity contribution in [3.8, 4) is 5.88 Å². The second-order valence-corrected chi connectivity index (χ2v) is 8.87. The molecule has 0 bridgehead atoms. The number of nitrogens with one attached hydrogen (secondary N) is 4. The monoisotopic (exact) mass is 451 g/mol. The first-order valence-electron chi connectivity index (χ1n) is 11.2. The lowest BCUT2D eigenvalue weighted by atomic mass is 9.81. The molecule has 0 saturated carbocycles. The van der Waals surface area contributed by atoms with Crippen molar-refractivity contribution >= 4 is 22.6 Å². The molecule has 4 N–H and O–H groups in total. The fourth-order valence-corrected chi connectivity index (χ4v) is 4.61. The van der Waals surface area contributed by atoms with Crippen molar-refractivity contribution < 1.29 is 13.9 Å². The zero-order valence-corrected chi connectivity index (χ0v) is 18.2. The number of hydrogen-bond donors (Lipinski definition) is 4. The Morgan fingerprint density at radius 3 is 2.94 bits per heavy atom. The van der Waals surface area contributed by atoms with Crippen LogP contribution < -0.4 is 26.2 Å². The lowest BCUT2D eigenvalue weighted by Crippen LogP contribution is -2.37. The van der Waals surface area contributed by atoms with E-state index in [1.807, 2.05) is 18.2 Å². The largest absolute Gasteiger partial charge is 0.404 e. The summed E-state index contributed by atoms with van der Waals surface area (Å²) in [5, 5.41) is 10.8.